The fraction of sp³-hybridized carbons (Fsp3) is 0.636. The van der Waals surface area contributed by atoms with Gasteiger partial charge in [0.25, 0.3) is 0 Å². The van der Waals surface area contributed by atoms with Crippen LogP contribution in [-0.4, -0.2) is 72.3 Å². The molecule has 0 saturated carbocycles. The number of hydrogen-bond donors (Lipinski definition) is 0. The molecule has 0 radical (unpaired) electrons. The third-order valence-corrected chi connectivity index (χ3v) is 5.68. The molecule has 1 aromatic carbocycles. The van der Waals surface area contributed by atoms with Crippen molar-refractivity contribution in [3.05, 3.63) is 35.6 Å². The monoisotopic (exact) mass is 391 g/mol. The Kier molecular flexibility index (Phi) is 8.90. The minimum atomic E-state index is -0.262. The summed E-state index contributed by atoms with van der Waals surface area (Å²) in [6, 6.07) is 6.47. The highest BCUT2D eigenvalue weighted by Crippen LogP contribution is 2.20. The first-order valence-electron chi connectivity index (χ1n) is 10.5. The molecular formula is C22H34FN3O2. The number of hydrogen-bond acceptors (Lipinski definition) is 3. The van der Waals surface area contributed by atoms with Crippen LogP contribution in [0.2, 0.25) is 0 Å². The van der Waals surface area contributed by atoms with Crippen molar-refractivity contribution < 1.29 is 14.0 Å². The fourth-order valence-electron chi connectivity index (χ4n) is 3.77. The topological polar surface area (TPSA) is 43.9 Å². The molecule has 1 aliphatic heterocycles. The van der Waals surface area contributed by atoms with E-state index in [2.05, 4.69) is 18.7 Å². The van der Waals surface area contributed by atoms with Crippen LogP contribution in [0.4, 0.5) is 4.39 Å². The minimum Gasteiger partial charge on any atom is -0.342 e. The summed E-state index contributed by atoms with van der Waals surface area (Å²) in [7, 11) is 0. The molecule has 1 aliphatic rings. The van der Waals surface area contributed by atoms with Crippen LogP contribution in [0, 0.1) is 11.7 Å². The maximum absolute atomic E-state index is 13.4. The molecule has 2 amide bonds. The number of likely N-dealkylation sites (N-methyl/N-ethyl adjacent to an activating group) is 2. The van der Waals surface area contributed by atoms with Gasteiger partial charge in [-0.3, -0.25) is 9.59 Å². The molecule has 5 nitrogen and oxygen atoms in total. The zero-order chi connectivity index (χ0) is 20.5. The van der Waals surface area contributed by atoms with Crippen molar-refractivity contribution in [2.75, 3.05) is 45.8 Å². The first-order chi connectivity index (χ1) is 13.5. The molecule has 2 rings (SSSR count). The van der Waals surface area contributed by atoms with Crippen LogP contribution in [0.5, 0.6) is 0 Å². The van der Waals surface area contributed by atoms with E-state index < -0.39 is 0 Å². The van der Waals surface area contributed by atoms with Crippen molar-refractivity contribution in [1.29, 1.82) is 0 Å². The highest BCUT2D eigenvalue weighted by Gasteiger charge is 2.32. The van der Waals surface area contributed by atoms with Gasteiger partial charge in [0.2, 0.25) is 11.8 Å². The standard InChI is InChI=1S/C22H34FN3O2/c1-4-24(5-2)14-15-25(6-3)22(28)19-10-11-21(27)26(17-19)13-12-18-8-7-9-20(23)16-18/h7-9,16,19H,4-6,10-15,17H2,1-3H3. The summed E-state index contributed by atoms with van der Waals surface area (Å²) in [6.45, 7) is 11.5. The van der Waals surface area contributed by atoms with Gasteiger partial charge in [0.05, 0.1) is 5.92 Å². The lowest BCUT2D eigenvalue weighted by atomic mass is 9.95. The molecule has 0 N–H and O–H groups in total. The molecule has 1 atom stereocenters. The van der Waals surface area contributed by atoms with Gasteiger partial charge < -0.3 is 14.7 Å². The molecule has 0 aromatic heterocycles. The molecule has 1 saturated heterocycles. The molecule has 0 bridgehead atoms. The van der Waals surface area contributed by atoms with Crippen molar-refractivity contribution in [3.8, 4) is 0 Å². The van der Waals surface area contributed by atoms with E-state index in [-0.39, 0.29) is 23.5 Å². The van der Waals surface area contributed by atoms with Gasteiger partial charge in [-0.15, -0.1) is 0 Å². The molecule has 1 fully saturated rings. The van der Waals surface area contributed by atoms with Gasteiger partial charge in [0.1, 0.15) is 5.82 Å². The van der Waals surface area contributed by atoms with Gasteiger partial charge in [-0.1, -0.05) is 26.0 Å². The zero-order valence-electron chi connectivity index (χ0n) is 17.5. The maximum atomic E-state index is 13.4. The van der Waals surface area contributed by atoms with E-state index in [9.17, 15) is 14.0 Å². The predicted octanol–water partition coefficient (Wildman–Crippen LogP) is 2.80. The number of nitrogens with zero attached hydrogens (tertiary/aromatic N) is 3. The van der Waals surface area contributed by atoms with Crippen LogP contribution in [0.15, 0.2) is 24.3 Å². The smallest absolute Gasteiger partial charge is 0.227 e. The number of rotatable bonds is 10. The summed E-state index contributed by atoms with van der Waals surface area (Å²) in [5.41, 5.74) is 0.871. The van der Waals surface area contributed by atoms with Gasteiger partial charge in [-0.25, -0.2) is 4.39 Å². The van der Waals surface area contributed by atoms with E-state index in [0.717, 1.165) is 31.7 Å². The third-order valence-electron chi connectivity index (χ3n) is 5.68. The Bertz CT molecular complexity index is 648. The first kappa shape index (κ1) is 22.3. The Morgan fingerprint density at radius 2 is 1.93 bits per heavy atom. The van der Waals surface area contributed by atoms with Gasteiger partial charge in [-0.2, -0.15) is 0 Å². The van der Waals surface area contributed by atoms with Crippen molar-refractivity contribution in [2.45, 2.75) is 40.0 Å². The Hall–Kier alpha value is -1.95. The number of carbonyl (C=O) groups is 2. The second kappa shape index (κ2) is 11.1. The van der Waals surface area contributed by atoms with Crippen LogP contribution >= 0.6 is 0 Å². The van der Waals surface area contributed by atoms with Gasteiger partial charge in [0, 0.05) is 39.1 Å². The lowest BCUT2D eigenvalue weighted by Crippen LogP contribution is -2.48. The summed E-state index contributed by atoms with van der Waals surface area (Å²) in [4.78, 5) is 31.3. The quantitative estimate of drug-likeness (QED) is 0.616. The summed E-state index contributed by atoms with van der Waals surface area (Å²) < 4.78 is 13.4. The van der Waals surface area contributed by atoms with Crippen molar-refractivity contribution in [3.63, 3.8) is 0 Å². The van der Waals surface area contributed by atoms with Crippen LogP contribution in [0.25, 0.3) is 0 Å². The molecule has 1 unspecified atom stereocenters. The van der Waals surface area contributed by atoms with E-state index in [1.165, 1.54) is 12.1 Å². The van der Waals surface area contributed by atoms with Gasteiger partial charge >= 0.3 is 0 Å². The molecule has 156 valence electrons. The molecule has 1 aromatic rings. The predicted molar refractivity (Wildman–Crippen MR) is 109 cm³/mol. The number of piperidine rings is 1. The Morgan fingerprint density at radius 1 is 1.18 bits per heavy atom. The molecule has 0 spiro atoms. The number of carbonyl (C=O) groups excluding carboxylic acids is 2. The van der Waals surface area contributed by atoms with Crippen molar-refractivity contribution in [1.82, 2.24) is 14.7 Å². The van der Waals surface area contributed by atoms with Crippen LogP contribution in [-0.2, 0) is 16.0 Å². The second-order valence-electron chi connectivity index (χ2n) is 7.40. The Balaban J connectivity index is 1.92. The molecule has 0 aliphatic carbocycles. The average Bonchev–Trinajstić information content (AvgIpc) is 2.70. The summed E-state index contributed by atoms with van der Waals surface area (Å²) in [6.07, 6.45) is 1.63. The fourth-order valence-corrected chi connectivity index (χ4v) is 3.77. The molecule has 6 heteroatoms. The van der Waals surface area contributed by atoms with Gasteiger partial charge in [0.15, 0.2) is 0 Å². The summed E-state index contributed by atoms with van der Waals surface area (Å²) >= 11 is 0. The lowest BCUT2D eigenvalue weighted by Gasteiger charge is -2.35. The zero-order valence-corrected chi connectivity index (χ0v) is 17.5. The van der Waals surface area contributed by atoms with E-state index in [0.29, 0.717) is 38.9 Å². The lowest BCUT2D eigenvalue weighted by molar-refractivity contribution is -0.143. The van der Waals surface area contributed by atoms with E-state index >= 15 is 0 Å². The minimum absolute atomic E-state index is 0.0895. The number of likely N-dealkylation sites (tertiary alicyclic amines) is 1. The Morgan fingerprint density at radius 3 is 2.57 bits per heavy atom. The molecular weight excluding hydrogens is 357 g/mol. The highest BCUT2D eigenvalue weighted by atomic mass is 19.1. The van der Waals surface area contributed by atoms with Crippen molar-refractivity contribution in [2.24, 2.45) is 5.92 Å². The van der Waals surface area contributed by atoms with Gasteiger partial charge in [-0.05, 0) is 50.6 Å². The number of halogens is 1. The van der Waals surface area contributed by atoms with Crippen LogP contribution in [0.3, 0.4) is 0 Å². The van der Waals surface area contributed by atoms with E-state index in [4.69, 9.17) is 0 Å². The third kappa shape index (κ3) is 6.30. The second-order valence-corrected chi connectivity index (χ2v) is 7.40. The van der Waals surface area contributed by atoms with E-state index in [1.54, 1.807) is 11.0 Å². The molecule has 28 heavy (non-hydrogen) atoms. The van der Waals surface area contributed by atoms with Crippen LogP contribution in [0.1, 0.15) is 39.2 Å². The normalized spacial score (nSPS) is 17.2. The molecule has 1 heterocycles. The first-order valence-corrected chi connectivity index (χ1v) is 10.5. The summed E-state index contributed by atoms with van der Waals surface area (Å²) in [5.74, 6) is -0.159. The van der Waals surface area contributed by atoms with E-state index in [1.807, 2.05) is 17.9 Å². The Labute approximate surface area is 168 Å². The highest BCUT2D eigenvalue weighted by molar-refractivity contribution is 5.83. The number of amides is 2. The number of benzene rings is 1. The SMILES string of the molecule is CCN(CC)CCN(CC)C(=O)C1CCC(=O)N(CCc2cccc(F)c2)C1. The maximum Gasteiger partial charge on any atom is 0.227 e. The largest absolute Gasteiger partial charge is 0.342 e. The van der Waals surface area contributed by atoms with Crippen LogP contribution < -0.4 is 0 Å². The average molecular weight is 392 g/mol. The van der Waals surface area contributed by atoms with Crippen molar-refractivity contribution >= 4 is 11.8 Å². The summed E-state index contributed by atoms with van der Waals surface area (Å²) in [5, 5.41) is 0.